The van der Waals surface area contributed by atoms with Gasteiger partial charge in [-0.25, -0.2) is 0 Å². The fourth-order valence-corrected chi connectivity index (χ4v) is 1.82. The van der Waals surface area contributed by atoms with E-state index in [1.165, 1.54) is 0 Å². The van der Waals surface area contributed by atoms with Crippen molar-refractivity contribution in [2.75, 3.05) is 6.61 Å². The number of aromatic nitrogens is 1. The van der Waals surface area contributed by atoms with E-state index in [0.717, 1.165) is 22.7 Å². The van der Waals surface area contributed by atoms with Gasteiger partial charge in [0.25, 0.3) is 0 Å². The van der Waals surface area contributed by atoms with E-state index < -0.39 is 0 Å². The molecule has 3 heteroatoms. The van der Waals surface area contributed by atoms with Gasteiger partial charge in [0, 0.05) is 5.56 Å². The highest BCUT2D eigenvalue weighted by molar-refractivity contribution is 5.61. The van der Waals surface area contributed by atoms with Gasteiger partial charge in [0.1, 0.15) is 11.8 Å². The molecular formula is C17H18N2O. The molecule has 0 aliphatic heterocycles. The normalized spacial score (nSPS) is 10.3. The van der Waals surface area contributed by atoms with Crippen LogP contribution >= 0.6 is 0 Å². The first-order chi connectivity index (χ1) is 9.60. The smallest absolute Gasteiger partial charge is 0.119 e. The SMILES string of the molecule is Cc1nc(-c2ccc(OCC(C)C)cc2)ccc1C#N. The molecule has 1 aromatic heterocycles. The van der Waals surface area contributed by atoms with Crippen LogP contribution in [-0.4, -0.2) is 11.6 Å². The zero-order chi connectivity index (χ0) is 14.5. The lowest BCUT2D eigenvalue weighted by Crippen LogP contribution is -2.04. The maximum Gasteiger partial charge on any atom is 0.119 e. The Kier molecular flexibility index (Phi) is 4.37. The van der Waals surface area contributed by atoms with Gasteiger partial charge in [-0.05, 0) is 49.2 Å². The Labute approximate surface area is 119 Å². The van der Waals surface area contributed by atoms with Gasteiger partial charge in [-0.2, -0.15) is 5.26 Å². The third-order valence-electron chi connectivity index (χ3n) is 2.94. The van der Waals surface area contributed by atoms with Crippen LogP contribution in [0.15, 0.2) is 36.4 Å². The molecule has 1 aromatic carbocycles. The number of rotatable bonds is 4. The number of ether oxygens (including phenoxy) is 1. The molecule has 2 aromatic rings. The Morgan fingerprint density at radius 2 is 1.85 bits per heavy atom. The quantitative estimate of drug-likeness (QED) is 0.841. The predicted molar refractivity (Wildman–Crippen MR) is 79.5 cm³/mol. The molecule has 0 atom stereocenters. The van der Waals surface area contributed by atoms with Crippen LogP contribution in [0.1, 0.15) is 25.1 Å². The number of hydrogen-bond donors (Lipinski definition) is 0. The van der Waals surface area contributed by atoms with Crippen molar-refractivity contribution >= 4 is 0 Å². The fraction of sp³-hybridized carbons (Fsp3) is 0.294. The number of benzene rings is 1. The molecule has 0 aliphatic rings. The van der Waals surface area contributed by atoms with Gasteiger partial charge in [0.05, 0.1) is 23.6 Å². The Balaban J connectivity index is 2.18. The van der Waals surface area contributed by atoms with Gasteiger partial charge in [-0.1, -0.05) is 13.8 Å². The lowest BCUT2D eigenvalue weighted by molar-refractivity contribution is 0.271. The molecule has 3 nitrogen and oxygen atoms in total. The monoisotopic (exact) mass is 266 g/mol. The van der Waals surface area contributed by atoms with Crippen molar-refractivity contribution < 1.29 is 4.74 Å². The summed E-state index contributed by atoms with van der Waals surface area (Å²) in [5, 5.41) is 8.91. The fourth-order valence-electron chi connectivity index (χ4n) is 1.82. The number of pyridine rings is 1. The van der Waals surface area contributed by atoms with E-state index in [9.17, 15) is 0 Å². The molecule has 0 fully saturated rings. The molecule has 1 heterocycles. The first kappa shape index (κ1) is 14.1. The lowest BCUT2D eigenvalue weighted by atomic mass is 10.1. The Bertz CT molecular complexity index is 624. The van der Waals surface area contributed by atoms with Gasteiger partial charge in [0.2, 0.25) is 0 Å². The molecule has 0 aliphatic carbocycles. The number of hydrogen-bond acceptors (Lipinski definition) is 3. The van der Waals surface area contributed by atoms with Crippen LogP contribution in [0.2, 0.25) is 0 Å². The summed E-state index contributed by atoms with van der Waals surface area (Å²) in [6, 6.07) is 13.7. The van der Waals surface area contributed by atoms with Crippen molar-refractivity contribution in [3.63, 3.8) is 0 Å². The van der Waals surface area contributed by atoms with Crippen LogP contribution in [0.5, 0.6) is 5.75 Å². The Hall–Kier alpha value is -2.34. The van der Waals surface area contributed by atoms with E-state index >= 15 is 0 Å². The average molecular weight is 266 g/mol. The molecule has 0 saturated heterocycles. The number of nitrogens with zero attached hydrogens (tertiary/aromatic N) is 2. The summed E-state index contributed by atoms with van der Waals surface area (Å²) in [6.07, 6.45) is 0. The molecule has 0 radical (unpaired) electrons. The number of nitriles is 1. The zero-order valence-corrected chi connectivity index (χ0v) is 12.1. The minimum absolute atomic E-state index is 0.512. The van der Waals surface area contributed by atoms with Crippen molar-refractivity contribution in [1.29, 1.82) is 5.26 Å². The van der Waals surface area contributed by atoms with Gasteiger partial charge < -0.3 is 4.74 Å². The number of aryl methyl sites for hydroxylation is 1. The van der Waals surface area contributed by atoms with Crippen LogP contribution in [0.25, 0.3) is 11.3 Å². The van der Waals surface area contributed by atoms with Crippen molar-refractivity contribution in [3.8, 4) is 23.1 Å². The second-order valence-electron chi connectivity index (χ2n) is 5.17. The van der Waals surface area contributed by atoms with Crippen LogP contribution in [0.4, 0.5) is 0 Å². The molecule has 0 amide bonds. The van der Waals surface area contributed by atoms with Crippen molar-refractivity contribution in [2.45, 2.75) is 20.8 Å². The van der Waals surface area contributed by atoms with Crippen LogP contribution in [0.3, 0.4) is 0 Å². The zero-order valence-electron chi connectivity index (χ0n) is 12.1. The highest BCUT2D eigenvalue weighted by Crippen LogP contribution is 2.22. The minimum Gasteiger partial charge on any atom is -0.493 e. The van der Waals surface area contributed by atoms with Gasteiger partial charge in [-0.3, -0.25) is 4.98 Å². The molecule has 0 spiro atoms. The molecule has 0 bridgehead atoms. The first-order valence-corrected chi connectivity index (χ1v) is 6.71. The Morgan fingerprint density at radius 1 is 1.15 bits per heavy atom. The second kappa shape index (κ2) is 6.21. The molecular weight excluding hydrogens is 248 g/mol. The summed E-state index contributed by atoms with van der Waals surface area (Å²) in [5.74, 6) is 1.38. The standard InChI is InChI=1S/C17H18N2O/c1-12(2)11-20-16-7-4-14(5-8-16)17-9-6-15(10-18)13(3)19-17/h4-9,12H,11H2,1-3H3. The summed E-state index contributed by atoms with van der Waals surface area (Å²) in [5.41, 5.74) is 3.27. The third kappa shape index (κ3) is 3.36. The van der Waals surface area contributed by atoms with Crippen molar-refractivity contribution in [2.24, 2.45) is 5.92 Å². The summed E-state index contributed by atoms with van der Waals surface area (Å²) >= 11 is 0. The second-order valence-corrected chi connectivity index (χ2v) is 5.17. The van der Waals surface area contributed by atoms with E-state index in [2.05, 4.69) is 24.9 Å². The van der Waals surface area contributed by atoms with Gasteiger partial charge in [0.15, 0.2) is 0 Å². The summed E-state index contributed by atoms with van der Waals surface area (Å²) in [4.78, 5) is 4.45. The van der Waals surface area contributed by atoms with E-state index in [0.29, 0.717) is 18.1 Å². The first-order valence-electron chi connectivity index (χ1n) is 6.71. The topological polar surface area (TPSA) is 45.9 Å². The van der Waals surface area contributed by atoms with Crippen LogP contribution in [0, 0.1) is 24.2 Å². The van der Waals surface area contributed by atoms with E-state index in [4.69, 9.17) is 10.00 Å². The maximum atomic E-state index is 8.91. The van der Waals surface area contributed by atoms with Crippen molar-refractivity contribution in [3.05, 3.63) is 47.7 Å². The molecule has 0 N–H and O–H groups in total. The van der Waals surface area contributed by atoms with Gasteiger partial charge in [-0.15, -0.1) is 0 Å². The van der Waals surface area contributed by atoms with E-state index in [1.54, 1.807) is 6.07 Å². The summed E-state index contributed by atoms with van der Waals surface area (Å²) in [6.45, 7) is 6.81. The summed E-state index contributed by atoms with van der Waals surface area (Å²) < 4.78 is 5.66. The maximum absolute atomic E-state index is 8.91. The molecule has 0 saturated carbocycles. The van der Waals surface area contributed by atoms with Crippen LogP contribution < -0.4 is 4.74 Å². The molecule has 2 rings (SSSR count). The Morgan fingerprint density at radius 3 is 2.40 bits per heavy atom. The third-order valence-corrected chi connectivity index (χ3v) is 2.94. The molecule has 102 valence electrons. The highest BCUT2D eigenvalue weighted by atomic mass is 16.5. The largest absolute Gasteiger partial charge is 0.493 e. The van der Waals surface area contributed by atoms with Crippen LogP contribution in [-0.2, 0) is 0 Å². The van der Waals surface area contributed by atoms with E-state index in [-0.39, 0.29) is 0 Å². The molecule has 0 unspecified atom stereocenters. The summed E-state index contributed by atoms with van der Waals surface area (Å²) in [7, 11) is 0. The van der Waals surface area contributed by atoms with Crippen molar-refractivity contribution in [1.82, 2.24) is 4.98 Å². The highest BCUT2D eigenvalue weighted by Gasteiger charge is 2.04. The van der Waals surface area contributed by atoms with Gasteiger partial charge >= 0.3 is 0 Å². The minimum atomic E-state index is 0.512. The molecule has 20 heavy (non-hydrogen) atoms. The van der Waals surface area contributed by atoms with E-state index in [1.807, 2.05) is 37.3 Å². The average Bonchev–Trinajstić information content (AvgIpc) is 2.45. The lowest BCUT2D eigenvalue weighted by Gasteiger charge is -2.09. The predicted octanol–water partition coefficient (Wildman–Crippen LogP) is 3.96.